The van der Waals surface area contributed by atoms with E-state index in [0.29, 0.717) is 11.8 Å². The normalized spacial score (nSPS) is 34.0. The minimum atomic E-state index is -0.169. The zero-order valence-electron chi connectivity index (χ0n) is 10.5. The molecule has 3 atom stereocenters. The summed E-state index contributed by atoms with van der Waals surface area (Å²) in [7, 11) is 0. The maximum Gasteiger partial charge on any atom is 0.251 e. The molecule has 0 aliphatic carbocycles. The molecule has 0 spiro atoms. The largest absolute Gasteiger partial charge is 0.368 e. The molecule has 0 radical (unpaired) electrons. The van der Waals surface area contributed by atoms with Crippen LogP contribution in [0.5, 0.6) is 0 Å². The van der Waals surface area contributed by atoms with Crippen molar-refractivity contribution in [3.05, 3.63) is 0 Å². The van der Waals surface area contributed by atoms with Crippen LogP contribution in [0.2, 0.25) is 0 Å². The van der Waals surface area contributed by atoms with Crippen LogP contribution in [0.4, 0.5) is 0 Å². The number of carbonyl (C=O) groups is 1. The standard InChI is InChI=1S/C13H22BrNO2/c1-10-5-8-17-12(10)13(16)15-7-2-3-11(9-15)4-6-14/h10-12H,2-9H2,1H3. The number of amides is 1. The summed E-state index contributed by atoms with van der Waals surface area (Å²) < 4.78 is 5.57. The van der Waals surface area contributed by atoms with Gasteiger partial charge >= 0.3 is 0 Å². The van der Waals surface area contributed by atoms with Crippen LogP contribution in [0, 0.1) is 11.8 Å². The van der Waals surface area contributed by atoms with E-state index in [1.807, 2.05) is 4.90 Å². The summed E-state index contributed by atoms with van der Waals surface area (Å²) >= 11 is 3.49. The van der Waals surface area contributed by atoms with Crippen LogP contribution in [0.25, 0.3) is 0 Å². The van der Waals surface area contributed by atoms with E-state index in [-0.39, 0.29) is 12.0 Å². The van der Waals surface area contributed by atoms with Crippen molar-refractivity contribution in [3.63, 3.8) is 0 Å². The van der Waals surface area contributed by atoms with Crippen LogP contribution < -0.4 is 0 Å². The smallest absolute Gasteiger partial charge is 0.251 e. The highest BCUT2D eigenvalue weighted by atomic mass is 79.9. The number of hydrogen-bond donors (Lipinski definition) is 0. The van der Waals surface area contributed by atoms with Crippen molar-refractivity contribution in [1.82, 2.24) is 4.90 Å². The molecule has 2 fully saturated rings. The fraction of sp³-hybridized carbons (Fsp3) is 0.923. The summed E-state index contributed by atoms with van der Waals surface area (Å²) in [6.45, 7) is 4.72. The third-order valence-electron chi connectivity index (χ3n) is 3.98. The van der Waals surface area contributed by atoms with E-state index in [2.05, 4.69) is 22.9 Å². The average molecular weight is 304 g/mol. The van der Waals surface area contributed by atoms with Gasteiger partial charge in [0.15, 0.2) is 0 Å². The summed E-state index contributed by atoms with van der Waals surface area (Å²) in [4.78, 5) is 14.4. The molecule has 0 aromatic rings. The van der Waals surface area contributed by atoms with Crippen molar-refractivity contribution in [1.29, 1.82) is 0 Å². The fourth-order valence-corrected chi connectivity index (χ4v) is 3.49. The Kier molecular flexibility index (Phi) is 4.86. The van der Waals surface area contributed by atoms with Gasteiger partial charge in [0.2, 0.25) is 0 Å². The van der Waals surface area contributed by atoms with E-state index in [1.165, 1.54) is 12.8 Å². The summed E-state index contributed by atoms with van der Waals surface area (Å²) in [5.74, 6) is 1.29. The molecule has 2 aliphatic heterocycles. The van der Waals surface area contributed by atoms with Crippen molar-refractivity contribution in [2.75, 3.05) is 25.0 Å². The van der Waals surface area contributed by atoms with E-state index in [9.17, 15) is 4.79 Å². The lowest BCUT2D eigenvalue weighted by molar-refractivity contribution is -0.144. The number of rotatable bonds is 3. The fourth-order valence-electron chi connectivity index (χ4n) is 2.85. The summed E-state index contributed by atoms with van der Waals surface area (Å²) in [6, 6.07) is 0. The van der Waals surface area contributed by atoms with Gasteiger partial charge in [0.25, 0.3) is 5.91 Å². The number of hydrogen-bond acceptors (Lipinski definition) is 2. The zero-order valence-corrected chi connectivity index (χ0v) is 12.1. The second kappa shape index (κ2) is 6.19. The lowest BCUT2D eigenvalue weighted by Gasteiger charge is -2.34. The topological polar surface area (TPSA) is 29.5 Å². The minimum absolute atomic E-state index is 0.169. The van der Waals surface area contributed by atoms with Crippen LogP contribution in [-0.4, -0.2) is 41.9 Å². The van der Waals surface area contributed by atoms with Gasteiger partial charge < -0.3 is 9.64 Å². The summed E-state index contributed by atoms with van der Waals surface area (Å²) in [5.41, 5.74) is 0. The molecule has 1 amide bonds. The Morgan fingerprint density at radius 3 is 2.94 bits per heavy atom. The monoisotopic (exact) mass is 303 g/mol. The zero-order chi connectivity index (χ0) is 12.3. The van der Waals surface area contributed by atoms with Gasteiger partial charge in [0.1, 0.15) is 6.10 Å². The molecule has 0 bridgehead atoms. The highest BCUT2D eigenvalue weighted by Gasteiger charge is 2.35. The molecule has 4 heteroatoms. The molecule has 3 unspecified atom stereocenters. The summed E-state index contributed by atoms with van der Waals surface area (Å²) in [6.07, 6.45) is 4.43. The molecular formula is C13H22BrNO2. The predicted molar refractivity (Wildman–Crippen MR) is 71.2 cm³/mol. The first kappa shape index (κ1) is 13.3. The summed E-state index contributed by atoms with van der Waals surface area (Å²) in [5, 5.41) is 1.04. The van der Waals surface area contributed by atoms with Gasteiger partial charge in [-0.15, -0.1) is 0 Å². The molecule has 2 heterocycles. The predicted octanol–water partition coefficient (Wildman–Crippen LogP) is 2.44. The van der Waals surface area contributed by atoms with Crippen LogP contribution >= 0.6 is 15.9 Å². The van der Waals surface area contributed by atoms with Crippen LogP contribution in [0.1, 0.15) is 32.6 Å². The molecule has 17 heavy (non-hydrogen) atoms. The second-order valence-corrected chi connectivity index (χ2v) is 6.12. The number of nitrogens with zero attached hydrogens (tertiary/aromatic N) is 1. The number of alkyl halides is 1. The van der Waals surface area contributed by atoms with E-state index in [1.54, 1.807) is 0 Å². The number of carbonyl (C=O) groups excluding carboxylic acids is 1. The van der Waals surface area contributed by atoms with Gasteiger partial charge in [-0.25, -0.2) is 0 Å². The van der Waals surface area contributed by atoms with Crippen LogP contribution in [0.3, 0.4) is 0 Å². The van der Waals surface area contributed by atoms with Crippen molar-refractivity contribution in [2.45, 2.75) is 38.7 Å². The van der Waals surface area contributed by atoms with Gasteiger partial charge in [-0.2, -0.15) is 0 Å². The van der Waals surface area contributed by atoms with Gasteiger partial charge in [0, 0.05) is 25.0 Å². The first-order valence-electron chi connectivity index (χ1n) is 6.68. The Labute approximate surface area is 112 Å². The first-order valence-corrected chi connectivity index (χ1v) is 7.81. The molecule has 98 valence electrons. The number of likely N-dealkylation sites (tertiary alicyclic amines) is 1. The molecule has 2 rings (SSSR count). The Morgan fingerprint density at radius 2 is 2.29 bits per heavy atom. The van der Waals surface area contributed by atoms with Gasteiger partial charge in [-0.1, -0.05) is 22.9 Å². The lowest BCUT2D eigenvalue weighted by atomic mass is 9.94. The average Bonchev–Trinajstić information content (AvgIpc) is 2.75. The molecular weight excluding hydrogens is 282 g/mol. The third-order valence-corrected chi connectivity index (χ3v) is 4.44. The molecule has 0 saturated carbocycles. The molecule has 0 N–H and O–H groups in total. The Morgan fingerprint density at radius 1 is 1.47 bits per heavy atom. The van der Waals surface area contributed by atoms with Crippen molar-refractivity contribution < 1.29 is 9.53 Å². The number of piperidine rings is 1. The Hall–Kier alpha value is -0.0900. The SMILES string of the molecule is CC1CCOC1C(=O)N1CCCC(CCBr)C1. The van der Waals surface area contributed by atoms with Gasteiger partial charge in [-0.3, -0.25) is 4.79 Å². The molecule has 2 saturated heterocycles. The van der Waals surface area contributed by atoms with Gasteiger partial charge in [0.05, 0.1) is 0 Å². The van der Waals surface area contributed by atoms with E-state index in [4.69, 9.17) is 4.74 Å². The Bertz CT molecular complexity index is 270. The van der Waals surface area contributed by atoms with Crippen LogP contribution in [-0.2, 0) is 9.53 Å². The van der Waals surface area contributed by atoms with E-state index < -0.39 is 0 Å². The molecule has 3 nitrogen and oxygen atoms in total. The maximum absolute atomic E-state index is 12.3. The second-order valence-electron chi connectivity index (χ2n) is 5.33. The van der Waals surface area contributed by atoms with Gasteiger partial charge in [-0.05, 0) is 37.5 Å². The highest BCUT2D eigenvalue weighted by Crippen LogP contribution is 2.26. The molecule has 0 aromatic carbocycles. The first-order chi connectivity index (χ1) is 8.22. The number of ether oxygens (including phenoxy) is 1. The third kappa shape index (κ3) is 3.22. The minimum Gasteiger partial charge on any atom is -0.368 e. The number of halogens is 1. The maximum atomic E-state index is 12.3. The molecule has 2 aliphatic rings. The molecule has 0 aromatic heterocycles. The van der Waals surface area contributed by atoms with Crippen molar-refractivity contribution in [2.24, 2.45) is 11.8 Å². The van der Waals surface area contributed by atoms with Crippen molar-refractivity contribution in [3.8, 4) is 0 Å². The van der Waals surface area contributed by atoms with Crippen molar-refractivity contribution >= 4 is 21.8 Å². The highest BCUT2D eigenvalue weighted by molar-refractivity contribution is 9.09. The Balaban J connectivity index is 1.90. The van der Waals surface area contributed by atoms with E-state index >= 15 is 0 Å². The van der Waals surface area contributed by atoms with Crippen LogP contribution in [0.15, 0.2) is 0 Å². The van der Waals surface area contributed by atoms with E-state index in [0.717, 1.165) is 37.9 Å². The quantitative estimate of drug-likeness (QED) is 0.750. The lowest BCUT2D eigenvalue weighted by Crippen LogP contribution is -2.46.